The summed E-state index contributed by atoms with van der Waals surface area (Å²) in [7, 11) is 2.86. The van der Waals surface area contributed by atoms with E-state index in [2.05, 4.69) is 10.1 Å². The Bertz CT molecular complexity index is 1180. The molecule has 0 radical (unpaired) electrons. The molecule has 8 nitrogen and oxygen atoms in total. The minimum absolute atomic E-state index is 0.0470. The summed E-state index contributed by atoms with van der Waals surface area (Å²) in [4.78, 5) is 50.9. The van der Waals surface area contributed by atoms with E-state index < -0.39 is 30.4 Å². The van der Waals surface area contributed by atoms with Gasteiger partial charge in [-0.1, -0.05) is 36.4 Å². The van der Waals surface area contributed by atoms with Gasteiger partial charge in [0.1, 0.15) is 0 Å². The lowest BCUT2D eigenvalue weighted by atomic mass is 10.1. The number of rotatable bonds is 7. The van der Waals surface area contributed by atoms with E-state index in [0.717, 1.165) is 0 Å². The smallest absolute Gasteiger partial charge is 0.339 e. The first-order chi connectivity index (χ1) is 15.9. The maximum Gasteiger partial charge on any atom is 0.339 e. The number of para-hydroxylation sites is 1. The number of carbonyl (C=O) groups is 4. The molecule has 0 saturated carbocycles. The second-order valence-corrected chi connectivity index (χ2v) is 6.94. The summed E-state index contributed by atoms with van der Waals surface area (Å²) in [5.74, 6) is -2.34. The highest BCUT2D eigenvalue weighted by Crippen LogP contribution is 2.18. The van der Waals surface area contributed by atoms with E-state index in [4.69, 9.17) is 4.74 Å². The molecule has 0 saturated heterocycles. The first kappa shape index (κ1) is 23.2. The number of methoxy groups -OCH3 is 1. The number of anilines is 2. The van der Waals surface area contributed by atoms with Crippen molar-refractivity contribution in [2.75, 3.05) is 31.0 Å². The predicted molar refractivity (Wildman–Crippen MR) is 122 cm³/mol. The Morgan fingerprint density at radius 2 is 1.48 bits per heavy atom. The van der Waals surface area contributed by atoms with Crippen LogP contribution in [0.3, 0.4) is 0 Å². The van der Waals surface area contributed by atoms with Crippen molar-refractivity contribution in [3.05, 3.63) is 95.6 Å². The zero-order chi connectivity index (χ0) is 23.8. The van der Waals surface area contributed by atoms with Crippen LogP contribution in [0.15, 0.2) is 78.9 Å². The molecule has 33 heavy (non-hydrogen) atoms. The van der Waals surface area contributed by atoms with E-state index >= 15 is 0 Å². The summed E-state index contributed by atoms with van der Waals surface area (Å²) >= 11 is 0. The zero-order valence-electron chi connectivity index (χ0n) is 18.1. The van der Waals surface area contributed by atoms with E-state index in [1.54, 1.807) is 61.6 Å². The Morgan fingerprint density at radius 3 is 2.18 bits per heavy atom. The molecule has 0 spiro atoms. The lowest BCUT2D eigenvalue weighted by Gasteiger charge is -2.18. The van der Waals surface area contributed by atoms with Gasteiger partial charge in [-0.25, -0.2) is 9.59 Å². The van der Waals surface area contributed by atoms with Crippen molar-refractivity contribution >= 4 is 35.1 Å². The Labute approximate surface area is 190 Å². The zero-order valence-corrected chi connectivity index (χ0v) is 18.1. The molecule has 1 N–H and O–H groups in total. The minimum atomic E-state index is -0.807. The number of carbonyl (C=O) groups excluding carboxylic acids is 4. The third-order valence-electron chi connectivity index (χ3n) is 4.73. The molecule has 0 aliphatic rings. The minimum Gasteiger partial charge on any atom is -0.465 e. The maximum atomic E-state index is 13.0. The summed E-state index contributed by atoms with van der Waals surface area (Å²) in [5.41, 5.74) is 1.48. The van der Waals surface area contributed by atoms with Gasteiger partial charge in [0.25, 0.3) is 11.8 Å². The quantitative estimate of drug-likeness (QED) is 0.557. The number of benzene rings is 3. The van der Waals surface area contributed by atoms with Crippen LogP contribution in [0, 0.1) is 0 Å². The lowest BCUT2D eigenvalue weighted by molar-refractivity contribution is -0.119. The normalized spacial score (nSPS) is 10.1. The van der Waals surface area contributed by atoms with Crippen LogP contribution in [0.4, 0.5) is 11.4 Å². The van der Waals surface area contributed by atoms with Crippen LogP contribution < -0.4 is 10.2 Å². The van der Waals surface area contributed by atoms with Crippen molar-refractivity contribution < 1.29 is 28.7 Å². The molecule has 3 aromatic rings. The van der Waals surface area contributed by atoms with Gasteiger partial charge in [-0.05, 0) is 42.5 Å². The summed E-state index contributed by atoms with van der Waals surface area (Å²) in [6.45, 7) is -0.571. The number of amides is 2. The van der Waals surface area contributed by atoms with Crippen LogP contribution in [0.25, 0.3) is 0 Å². The fourth-order valence-electron chi connectivity index (χ4n) is 3.04. The summed E-state index contributed by atoms with van der Waals surface area (Å²) in [5, 5.41) is 2.55. The van der Waals surface area contributed by atoms with Crippen LogP contribution in [0.5, 0.6) is 0 Å². The van der Waals surface area contributed by atoms with E-state index in [1.807, 2.05) is 6.07 Å². The number of hydrogen-bond acceptors (Lipinski definition) is 6. The molecule has 0 unspecified atom stereocenters. The Kier molecular flexibility index (Phi) is 7.54. The molecule has 3 rings (SSSR count). The first-order valence-corrected chi connectivity index (χ1v) is 9.98. The lowest BCUT2D eigenvalue weighted by Crippen LogP contribution is -2.28. The molecule has 0 bridgehead atoms. The van der Waals surface area contributed by atoms with Gasteiger partial charge in [0, 0.05) is 18.4 Å². The van der Waals surface area contributed by atoms with Gasteiger partial charge < -0.3 is 19.7 Å². The third-order valence-corrected chi connectivity index (χ3v) is 4.73. The van der Waals surface area contributed by atoms with Gasteiger partial charge in [-0.15, -0.1) is 0 Å². The Hall–Kier alpha value is -4.46. The molecule has 0 aliphatic carbocycles. The van der Waals surface area contributed by atoms with E-state index in [0.29, 0.717) is 11.4 Å². The molecule has 0 atom stereocenters. The van der Waals surface area contributed by atoms with Crippen LogP contribution in [-0.4, -0.2) is 44.5 Å². The molecule has 3 aromatic carbocycles. The number of nitrogens with zero attached hydrogens (tertiary/aromatic N) is 1. The topological polar surface area (TPSA) is 102 Å². The first-order valence-electron chi connectivity index (χ1n) is 9.98. The average Bonchev–Trinajstić information content (AvgIpc) is 2.86. The molecule has 0 aliphatic heterocycles. The van der Waals surface area contributed by atoms with Gasteiger partial charge in [0.05, 0.1) is 23.8 Å². The van der Waals surface area contributed by atoms with Crippen molar-refractivity contribution in [3.63, 3.8) is 0 Å². The summed E-state index contributed by atoms with van der Waals surface area (Å²) in [6.07, 6.45) is 0. The van der Waals surface area contributed by atoms with Crippen molar-refractivity contribution in [3.8, 4) is 0 Å². The SMILES string of the molecule is COC(=O)c1cccc(NC(=O)COC(=O)c2ccccc2C(=O)N(C)c2ccccc2)c1. The van der Waals surface area contributed by atoms with Crippen LogP contribution in [0.2, 0.25) is 0 Å². The highest BCUT2D eigenvalue weighted by molar-refractivity contribution is 6.12. The molecule has 8 heteroatoms. The van der Waals surface area contributed by atoms with E-state index in [9.17, 15) is 19.2 Å². The Balaban J connectivity index is 1.66. The summed E-state index contributed by atoms with van der Waals surface area (Å²) < 4.78 is 9.77. The number of nitrogens with one attached hydrogen (secondary N) is 1. The van der Waals surface area contributed by atoms with Crippen LogP contribution in [-0.2, 0) is 14.3 Å². The maximum absolute atomic E-state index is 13.0. The van der Waals surface area contributed by atoms with E-state index in [-0.39, 0.29) is 16.7 Å². The van der Waals surface area contributed by atoms with Crippen LogP contribution >= 0.6 is 0 Å². The summed E-state index contributed by atoms with van der Waals surface area (Å²) in [6, 6.07) is 21.4. The molecule has 0 fully saturated rings. The fraction of sp³-hybridized carbons (Fsp3) is 0.120. The average molecular weight is 446 g/mol. The Morgan fingerprint density at radius 1 is 0.818 bits per heavy atom. The van der Waals surface area contributed by atoms with Gasteiger partial charge >= 0.3 is 11.9 Å². The van der Waals surface area contributed by atoms with Crippen molar-refractivity contribution in [1.82, 2.24) is 0 Å². The van der Waals surface area contributed by atoms with Gasteiger partial charge in [-0.2, -0.15) is 0 Å². The van der Waals surface area contributed by atoms with Gasteiger partial charge in [0.2, 0.25) is 0 Å². The molecule has 0 heterocycles. The fourth-order valence-corrected chi connectivity index (χ4v) is 3.04. The van der Waals surface area contributed by atoms with Crippen molar-refractivity contribution in [1.29, 1.82) is 0 Å². The second-order valence-electron chi connectivity index (χ2n) is 6.94. The van der Waals surface area contributed by atoms with E-state index in [1.165, 1.54) is 30.2 Å². The standard InChI is InChI=1S/C25H22N2O6/c1-27(19-11-4-3-5-12-19)23(29)20-13-6-7-14-21(20)25(31)33-16-22(28)26-18-10-8-9-17(15-18)24(30)32-2/h3-15H,16H2,1-2H3,(H,26,28). The number of ether oxygens (including phenoxy) is 2. The van der Waals surface area contributed by atoms with Crippen molar-refractivity contribution in [2.45, 2.75) is 0 Å². The number of esters is 2. The molecule has 2 amide bonds. The monoisotopic (exact) mass is 446 g/mol. The predicted octanol–water partition coefficient (Wildman–Crippen LogP) is 3.55. The highest BCUT2D eigenvalue weighted by atomic mass is 16.5. The molecular formula is C25H22N2O6. The third kappa shape index (κ3) is 5.82. The molecule has 0 aromatic heterocycles. The van der Waals surface area contributed by atoms with Crippen LogP contribution in [0.1, 0.15) is 31.1 Å². The van der Waals surface area contributed by atoms with Gasteiger partial charge in [0.15, 0.2) is 6.61 Å². The largest absolute Gasteiger partial charge is 0.465 e. The number of hydrogen-bond donors (Lipinski definition) is 1. The van der Waals surface area contributed by atoms with Gasteiger partial charge in [-0.3, -0.25) is 9.59 Å². The highest BCUT2D eigenvalue weighted by Gasteiger charge is 2.22. The van der Waals surface area contributed by atoms with Crippen molar-refractivity contribution in [2.24, 2.45) is 0 Å². The molecule has 168 valence electrons. The second kappa shape index (κ2) is 10.7. The molecular weight excluding hydrogens is 424 g/mol.